The van der Waals surface area contributed by atoms with Crippen LogP contribution in [0.25, 0.3) is 0 Å². The average molecular weight is 358 g/mol. The van der Waals surface area contributed by atoms with Gasteiger partial charge in [0, 0.05) is 24.4 Å². The van der Waals surface area contributed by atoms with Gasteiger partial charge in [-0.15, -0.1) is 0 Å². The molecule has 0 spiro atoms. The lowest BCUT2D eigenvalue weighted by atomic mass is 10.0. The SMILES string of the molecule is CC(C(=O)c1ccc2c(c1)OCO2)N(C)C(=O)C1=CNC=CC1.CCC. The van der Waals surface area contributed by atoms with E-state index in [1.165, 1.54) is 11.3 Å². The maximum atomic E-state index is 12.6. The van der Waals surface area contributed by atoms with Gasteiger partial charge in [0.2, 0.25) is 6.79 Å². The first-order valence-electron chi connectivity index (χ1n) is 8.80. The molecular weight excluding hydrogens is 332 g/mol. The van der Waals surface area contributed by atoms with Crippen LogP contribution in [0.1, 0.15) is 44.0 Å². The molecule has 6 heteroatoms. The number of nitrogens with one attached hydrogen (secondary N) is 1. The zero-order chi connectivity index (χ0) is 19.1. The van der Waals surface area contributed by atoms with Crippen molar-refractivity contribution in [2.24, 2.45) is 0 Å². The molecule has 1 aromatic carbocycles. The molecule has 0 fully saturated rings. The third-order valence-electron chi connectivity index (χ3n) is 4.02. The van der Waals surface area contributed by atoms with E-state index in [-0.39, 0.29) is 18.5 Å². The summed E-state index contributed by atoms with van der Waals surface area (Å²) >= 11 is 0. The van der Waals surface area contributed by atoms with E-state index in [1.54, 1.807) is 44.6 Å². The first-order chi connectivity index (χ1) is 12.5. The second kappa shape index (κ2) is 9.08. The number of benzene rings is 1. The van der Waals surface area contributed by atoms with Crippen molar-refractivity contribution in [2.75, 3.05) is 13.8 Å². The smallest absolute Gasteiger partial charge is 0.251 e. The number of fused-ring (bicyclic) bond motifs is 1. The Balaban J connectivity index is 0.000000758. The molecular formula is C20H26N2O4. The Labute approximate surface area is 154 Å². The van der Waals surface area contributed by atoms with E-state index >= 15 is 0 Å². The lowest BCUT2D eigenvalue weighted by Gasteiger charge is -2.25. The number of nitrogens with zero attached hydrogens (tertiary/aromatic N) is 1. The van der Waals surface area contributed by atoms with E-state index in [4.69, 9.17) is 9.47 Å². The second-order valence-electron chi connectivity index (χ2n) is 6.17. The predicted octanol–water partition coefficient (Wildman–Crippen LogP) is 3.25. The highest BCUT2D eigenvalue weighted by atomic mass is 16.7. The van der Waals surface area contributed by atoms with Crippen molar-refractivity contribution in [1.29, 1.82) is 0 Å². The minimum Gasteiger partial charge on any atom is -0.454 e. The highest BCUT2D eigenvalue weighted by molar-refractivity contribution is 6.04. The molecule has 3 rings (SSSR count). The molecule has 140 valence electrons. The van der Waals surface area contributed by atoms with Gasteiger partial charge in [0.05, 0.1) is 6.04 Å². The number of allylic oxidation sites excluding steroid dienone is 1. The number of likely N-dealkylation sites (N-methyl/N-ethyl adjacent to an activating group) is 1. The van der Waals surface area contributed by atoms with Crippen LogP contribution in [0.4, 0.5) is 0 Å². The van der Waals surface area contributed by atoms with Crippen LogP contribution in [0.2, 0.25) is 0 Å². The van der Waals surface area contributed by atoms with Crippen LogP contribution in [0.3, 0.4) is 0 Å². The second-order valence-corrected chi connectivity index (χ2v) is 6.17. The Bertz CT molecular complexity index is 725. The van der Waals surface area contributed by atoms with E-state index in [1.807, 2.05) is 6.08 Å². The molecule has 1 amide bonds. The summed E-state index contributed by atoms with van der Waals surface area (Å²) in [4.78, 5) is 26.5. The summed E-state index contributed by atoms with van der Waals surface area (Å²) in [5.74, 6) is 0.882. The molecule has 0 saturated heterocycles. The number of carbonyl (C=O) groups is 2. The molecule has 0 aliphatic carbocycles. The largest absolute Gasteiger partial charge is 0.454 e. The molecule has 2 aliphatic heterocycles. The van der Waals surface area contributed by atoms with Crippen LogP contribution >= 0.6 is 0 Å². The average Bonchev–Trinajstić information content (AvgIpc) is 3.14. The van der Waals surface area contributed by atoms with Crippen LogP contribution in [0, 0.1) is 0 Å². The van der Waals surface area contributed by atoms with Gasteiger partial charge in [-0.05, 0) is 37.7 Å². The van der Waals surface area contributed by atoms with Gasteiger partial charge in [-0.3, -0.25) is 9.59 Å². The van der Waals surface area contributed by atoms with Crippen molar-refractivity contribution >= 4 is 11.7 Å². The number of dihydropyridines is 1. The molecule has 0 aromatic heterocycles. The van der Waals surface area contributed by atoms with Crippen LogP contribution in [0.5, 0.6) is 11.5 Å². The van der Waals surface area contributed by atoms with Crippen molar-refractivity contribution in [2.45, 2.75) is 39.7 Å². The van der Waals surface area contributed by atoms with Gasteiger partial charge >= 0.3 is 0 Å². The number of ketones is 1. The fourth-order valence-electron chi connectivity index (χ4n) is 2.48. The van der Waals surface area contributed by atoms with Crippen molar-refractivity contribution in [3.05, 3.63) is 47.8 Å². The quantitative estimate of drug-likeness (QED) is 0.837. The molecule has 1 atom stereocenters. The normalized spacial score (nSPS) is 15.2. The molecule has 1 aromatic rings. The van der Waals surface area contributed by atoms with Gasteiger partial charge in [0.15, 0.2) is 17.3 Å². The van der Waals surface area contributed by atoms with Gasteiger partial charge in [-0.1, -0.05) is 26.3 Å². The molecule has 0 bridgehead atoms. The Morgan fingerprint density at radius 3 is 2.58 bits per heavy atom. The maximum absolute atomic E-state index is 12.6. The van der Waals surface area contributed by atoms with Crippen molar-refractivity contribution in [3.63, 3.8) is 0 Å². The topological polar surface area (TPSA) is 67.9 Å². The van der Waals surface area contributed by atoms with Crippen LogP contribution in [0.15, 0.2) is 42.2 Å². The van der Waals surface area contributed by atoms with Gasteiger partial charge in [-0.2, -0.15) is 0 Å². The monoisotopic (exact) mass is 358 g/mol. The zero-order valence-electron chi connectivity index (χ0n) is 15.7. The number of rotatable bonds is 4. The van der Waals surface area contributed by atoms with Gasteiger partial charge < -0.3 is 19.7 Å². The summed E-state index contributed by atoms with van der Waals surface area (Å²) in [5.41, 5.74) is 1.12. The van der Waals surface area contributed by atoms with Crippen molar-refractivity contribution < 1.29 is 19.1 Å². The highest BCUT2D eigenvalue weighted by Crippen LogP contribution is 2.33. The lowest BCUT2D eigenvalue weighted by molar-refractivity contribution is -0.127. The van der Waals surface area contributed by atoms with Crippen molar-refractivity contribution in [3.8, 4) is 11.5 Å². The van der Waals surface area contributed by atoms with Gasteiger partial charge in [-0.25, -0.2) is 0 Å². The van der Waals surface area contributed by atoms with Crippen LogP contribution in [-0.2, 0) is 4.79 Å². The lowest BCUT2D eigenvalue weighted by Crippen LogP contribution is -2.41. The zero-order valence-corrected chi connectivity index (χ0v) is 15.7. The first kappa shape index (κ1) is 19.6. The fourth-order valence-corrected chi connectivity index (χ4v) is 2.48. The number of Topliss-reactive ketones (excluding diaryl/α,β-unsaturated/α-hetero) is 1. The Morgan fingerprint density at radius 2 is 1.92 bits per heavy atom. The molecule has 0 saturated carbocycles. The molecule has 2 heterocycles. The highest BCUT2D eigenvalue weighted by Gasteiger charge is 2.27. The number of hydrogen-bond acceptors (Lipinski definition) is 5. The first-order valence-corrected chi connectivity index (χ1v) is 8.80. The van der Waals surface area contributed by atoms with Gasteiger partial charge in [0.25, 0.3) is 5.91 Å². The Hall–Kier alpha value is -2.76. The van der Waals surface area contributed by atoms with E-state index in [0.717, 1.165) is 0 Å². The minimum absolute atomic E-state index is 0.140. The van der Waals surface area contributed by atoms with Crippen LogP contribution < -0.4 is 14.8 Å². The van der Waals surface area contributed by atoms with Gasteiger partial charge in [0.1, 0.15) is 0 Å². The minimum atomic E-state index is -0.574. The predicted molar refractivity (Wildman–Crippen MR) is 100 cm³/mol. The van der Waals surface area contributed by atoms with E-state index in [0.29, 0.717) is 29.1 Å². The molecule has 0 radical (unpaired) electrons. The molecule has 1 N–H and O–H groups in total. The summed E-state index contributed by atoms with van der Waals surface area (Å²) in [6.45, 7) is 6.13. The fraction of sp³-hybridized carbons (Fsp3) is 0.400. The summed E-state index contributed by atoms with van der Waals surface area (Å²) in [5, 5.41) is 2.89. The summed E-state index contributed by atoms with van der Waals surface area (Å²) < 4.78 is 10.5. The molecule has 2 aliphatic rings. The summed E-state index contributed by atoms with van der Waals surface area (Å²) in [6.07, 6.45) is 7.11. The van der Waals surface area contributed by atoms with Crippen molar-refractivity contribution in [1.82, 2.24) is 10.2 Å². The summed E-state index contributed by atoms with van der Waals surface area (Å²) in [6, 6.07) is 4.48. The van der Waals surface area contributed by atoms with Crippen LogP contribution in [-0.4, -0.2) is 36.5 Å². The Morgan fingerprint density at radius 1 is 1.23 bits per heavy atom. The maximum Gasteiger partial charge on any atom is 0.251 e. The third-order valence-corrected chi connectivity index (χ3v) is 4.02. The number of amides is 1. The third kappa shape index (κ3) is 4.45. The Kier molecular flexibility index (Phi) is 6.83. The van der Waals surface area contributed by atoms with E-state index in [9.17, 15) is 9.59 Å². The van der Waals surface area contributed by atoms with E-state index < -0.39 is 6.04 Å². The number of ether oxygens (including phenoxy) is 2. The molecule has 6 nitrogen and oxygen atoms in total. The standard InChI is InChI=1S/C17H18N2O4.C3H8/c1-11(19(2)17(21)13-4-3-7-18-9-13)16(20)12-5-6-14-15(8-12)23-10-22-14;1-3-2/h3,5-9,11,18H,4,10H2,1-2H3;3H2,1-2H3. The molecule has 26 heavy (non-hydrogen) atoms. The number of hydrogen-bond donors (Lipinski definition) is 1. The summed E-state index contributed by atoms with van der Waals surface area (Å²) in [7, 11) is 1.64. The van der Waals surface area contributed by atoms with E-state index in [2.05, 4.69) is 19.2 Å². The number of carbonyl (C=O) groups excluding carboxylic acids is 2. The molecule has 1 unspecified atom stereocenters.